The summed E-state index contributed by atoms with van der Waals surface area (Å²) in [5.74, 6) is 2.70. The fourth-order valence-electron chi connectivity index (χ4n) is 2.07. The highest BCUT2D eigenvalue weighted by atomic mass is 32.2. The molecular weight excluding hydrogens is 230 g/mol. The van der Waals surface area contributed by atoms with Crippen molar-refractivity contribution in [2.24, 2.45) is 0 Å². The van der Waals surface area contributed by atoms with Crippen LogP contribution < -0.4 is 4.90 Å². The largest absolute Gasteiger partial charge is 0.371 e. The van der Waals surface area contributed by atoms with Gasteiger partial charge in [-0.1, -0.05) is 6.92 Å². The molecular formula is C14H19NOS. The van der Waals surface area contributed by atoms with Crippen LogP contribution >= 0.6 is 11.8 Å². The molecule has 2 rings (SSSR count). The smallest absolute Gasteiger partial charge is 0.162 e. The van der Waals surface area contributed by atoms with Gasteiger partial charge in [0.1, 0.15) is 0 Å². The minimum Gasteiger partial charge on any atom is -0.371 e. The molecule has 0 unspecified atom stereocenters. The van der Waals surface area contributed by atoms with Gasteiger partial charge in [-0.25, -0.2) is 0 Å². The van der Waals surface area contributed by atoms with E-state index < -0.39 is 0 Å². The number of nitrogens with zero attached hydrogens (tertiary/aromatic N) is 1. The van der Waals surface area contributed by atoms with Crippen LogP contribution in [0.2, 0.25) is 0 Å². The van der Waals surface area contributed by atoms with Crippen LogP contribution in [0.15, 0.2) is 24.3 Å². The summed E-state index contributed by atoms with van der Waals surface area (Å²) in [5.41, 5.74) is 2.08. The lowest BCUT2D eigenvalue weighted by Crippen LogP contribution is -2.25. The zero-order valence-electron chi connectivity index (χ0n) is 10.3. The van der Waals surface area contributed by atoms with Crippen LogP contribution in [-0.4, -0.2) is 30.4 Å². The molecule has 0 aliphatic carbocycles. The first-order valence-corrected chi connectivity index (χ1v) is 7.42. The standard InChI is InChI=1S/C14H19NOS/c1-2-14(16)12-4-6-13(7-5-12)15-8-3-10-17-11-9-15/h4-7H,2-3,8-11H2,1H3. The topological polar surface area (TPSA) is 20.3 Å². The van der Waals surface area contributed by atoms with E-state index in [1.807, 2.05) is 30.8 Å². The molecule has 1 aromatic carbocycles. The van der Waals surface area contributed by atoms with E-state index >= 15 is 0 Å². The number of carbonyl (C=O) groups excluding carboxylic acids is 1. The maximum Gasteiger partial charge on any atom is 0.162 e. The van der Waals surface area contributed by atoms with Gasteiger partial charge in [-0.2, -0.15) is 11.8 Å². The van der Waals surface area contributed by atoms with Crippen molar-refractivity contribution in [3.05, 3.63) is 29.8 Å². The van der Waals surface area contributed by atoms with Crippen molar-refractivity contribution in [2.45, 2.75) is 19.8 Å². The van der Waals surface area contributed by atoms with Gasteiger partial charge in [-0.3, -0.25) is 4.79 Å². The summed E-state index contributed by atoms with van der Waals surface area (Å²) >= 11 is 2.03. The third kappa shape index (κ3) is 3.25. The molecule has 0 radical (unpaired) electrons. The Bertz CT molecular complexity index is 366. The molecule has 0 saturated carbocycles. The van der Waals surface area contributed by atoms with Crippen LogP contribution in [0.25, 0.3) is 0 Å². The molecule has 1 aliphatic rings. The fraction of sp³-hybridized carbons (Fsp3) is 0.500. The van der Waals surface area contributed by atoms with Crippen molar-refractivity contribution in [2.75, 3.05) is 29.5 Å². The van der Waals surface area contributed by atoms with Crippen LogP contribution in [0, 0.1) is 0 Å². The molecule has 0 atom stereocenters. The van der Waals surface area contributed by atoms with Gasteiger partial charge in [-0.15, -0.1) is 0 Å². The zero-order valence-corrected chi connectivity index (χ0v) is 11.1. The number of hydrogen-bond acceptors (Lipinski definition) is 3. The molecule has 1 saturated heterocycles. The zero-order chi connectivity index (χ0) is 12.1. The summed E-state index contributed by atoms with van der Waals surface area (Å²) in [6, 6.07) is 8.08. The first-order valence-electron chi connectivity index (χ1n) is 6.27. The van der Waals surface area contributed by atoms with Crippen LogP contribution in [-0.2, 0) is 0 Å². The Morgan fingerprint density at radius 3 is 2.71 bits per heavy atom. The van der Waals surface area contributed by atoms with Gasteiger partial charge in [0.15, 0.2) is 5.78 Å². The monoisotopic (exact) mass is 249 g/mol. The lowest BCUT2D eigenvalue weighted by molar-refractivity contribution is 0.0988. The van der Waals surface area contributed by atoms with Gasteiger partial charge in [-0.05, 0) is 36.4 Å². The second-order valence-corrected chi connectivity index (χ2v) is 5.50. The Morgan fingerprint density at radius 1 is 1.24 bits per heavy atom. The summed E-state index contributed by atoms with van der Waals surface area (Å²) in [6.07, 6.45) is 1.83. The summed E-state index contributed by atoms with van der Waals surface area (Å²) < 4.78 is 0. The second kappa shape index (κ2) is 6.10. The number of anilines is 1. The lowest BCUT2D eigenvalue weighted by atomic mass is 10.1. The highest BCUT2D eigenvalue weighted by Crippen LogP contribution is 2.20. The molecule has 3 heteroatoms. The first kappa shape index (κ1) is 12.5. The number of benzene rings is 1. The summed E-state index contributed by atoms with van der Waals surface area (Å²) in [4.78, 5) is 14.0. The Labute approximate surface area is 107 Å². The maximum atomic E-state index is 11.5. The molecule has 1 aliphatic heterocycles. The molecule has 2 nitrogen and oxygen atoms in total. The van der Waals surface area contributed by atoms with Gasteiger partial charge in [0.05, 0.1) is 0 Å². The van der Waals surface area contributed by atoms with Gasteiger partial charge >= 0.3 is 0 Å². The van der Waals surface area contributed by atoms with E-state index in [1.165, 1.54) is 23.6 Å². The van der Waals surface area contributed by atoms with Gasteiger partial charge in [0.2, 0.25) is 0 Å². The average molecular weight is 249 g/mol. The van der Waals surface area contributed by atoms with Crippen molar-refractivity contribution >= 4 is 23.2 Å². The first-order chi connectivity index (χ1) is 8.31. The molecule has 17 heavy (non-hydrogen) atoms. The van der Waals surface area contributed by atoms with Crippen LogP contribution in [0.1, 0.15) is 30.1 Å². The summed E-state index contributed by atoms with van der Waals surface area (Å²) in [7, 11) is 0. The third-order valence-corrected chi connectivity index (χ3v) is 4.15. The van der Waals surface area contributed by atoms with E-state index in [-0.39, 0.29) is 5.78 Å². The molecule has 1 fully saturated rings. The number of ketones is 1. The summed E-state index contributed by atoms with van der Waals surface area (Å²) in [5, 5.41) is 0. The molecule has 0 aromatic heterocycles. The molecule has 1 aromatic rings. The van der Waals surface area contributed by atoms with Crippen molar-refractivity contribution in [3.8, 4) is 0 Å². The maximum absolute atomic E-state index is 11.5. The molecule has 0 bridgehead atoms. The summed E-state index contributed by atoms with van der Waals surface area (Å²) in [6.45, 7) is 4.15. The van der Waals surface area contributed by atoms with Crippen LogP contribution in [0.4, 0.5) is 5.69 Å². The predicted octanol–water partition coefficient (Wildman–Crippen LogP) is 3.22. The Morgan fingerprint density at radius 2 is 2.00 bits per heavy atom. The van der Waals surface area contributed by atoms with Crippen LogP contribution in [0.3, 0.4) is 0 Å². The van der Waals surface area contributed by atoms with Crippen LogP contribution in [0.5, 0.6) is 0 Å². The second-order valence-electron chi connectivity index (χ2n) is 4.28. The number of carbonyl (C=O) groups is 1. The van der Waals surface area contributed by atoms with Gasteiger partial charge in [0, 0.05) is 36.5 Å². The SMILES string of the molecule is CCC(=O)c1ccc(N2CCCSCC2)cc1. The number of thioether (sulfide) groups is 1. The Balaban J connectivity index is 2.08. The van der Waals surface area contributed by atoms with Crippen molar-refractivity contribution in [1.29, 1.82) is 0 Å². The molecule has 1 heterocycles. The Hall–Kier alpha value is -0.960. The van der Waals surface area contributed by atoms with E-state index in [2.05, 4.69) is 17.0 Å². The highest BCUT2D eigenvalue weighted by Gasteiger charge is 2.10. The molecule has 92 valence electrons. The van der Waals surface area contributed by atoms with E-state index in [9.17, 15) is 4.79 Å². The van der Waals surface area contributed by atoms with E-state index in [1.54, 1.807) is 0 Å². The molecule has 0 spiro atoms. The van der Waals surface area contributed by atoms with Crippen molar-refractivity contribution in [1.82, 2.24) is 0 Å². The minimum absolute atomic E-state index is 0.225. The van der Waals surface area contributed by atoms with Crippen molar-refractivity contribution in [3.63, 3.8) is 0 Å². The number of Topliss-reactive ketones (excluding diaryl/α,β-unsaturated/α-hetero) is 1. The van der Waals surface area contributed by atoms with Crippen molar-refractivity contribution < 1.29 is 4.79 Å². The fourth-order valence-corrected chi connectivity index (χ4v) is 2.95. The Kier molecular flexibility index (Phi) is 4.49. The highest BCUT2D eigenvalue weighted by molar-refractivity contribution is 7.99. The number of hydrogen-bond donors (Lipinski definition) is 0. The quantitative estimate of drug-likeness (QED) is 0.767. The van der Waals surface area contributed by atoms with E-state index in [0.29, 0.717) is 6.42 Å². The predicted molar refractivity (Wildman–Crippen MR) is 75.2 cm³/mol. The van der Waals surface area contributed by atoms with E-state index in [4.69, 9.17) is 0 Å². The van der Waals surface area contributed by atoms with E-state index in [0.717, 1.165) is 18.7 Å². The average Bonchev–Trinajstić information content (AvgIpc) is 2.67. The van der Waals surface area contributed by atoms with Gasteiger partial charge in [0.25, 0.3) is 0 Å². The van der Waals surface area contributed by atoms with Gasteiger partial charge < -0.3 is 4.90 Å². The number of rotatable bonds is 3. The normalized spacial score (nSPS) is 16.6. The third-order valence-electron chi connectivity index (χ3n) is 3.10. The minimum atomic E-state index is 0.225. The molecule has 0 N–H and O–H groups in total. The molecule has 0 amide bonds. The lowest BCUT2D eigenvalue weighted by Gasteiger charge is -2.22.